The van der Waals surface area contributed by atoms with Crippen LogP contribution in [-0.2, 0) is 22.6 Å². The molecule has 4 rings (SSSR count). The summed E-state index contributed by atoms with van der Waals surface area (Å²) in [4.78, 5) is 27.9. The molecule has 1 heterocycles. The lowest BCUT2D eigenvalue weighted by Crippen LogP contribution is -2.52. The van der Waals surface area contributed by atoms with E-state index in [4.69, 9.17) is 0 Å². The largest absolute Gasteiger partial charge is 0.343 e. The number of benzene rings is 3. The summed E-state index contributed by atoms with van der Waals surface area (Å²) in [5, 5.41) is 8.54. The van der Waals surface area contributed by atoms with Gasteiger partial charge in [-0.1, -0.05) is 72.8 Å². The number of hydrogen-bond donors (Lipinski definition) is 2. The number of nitrogens with one attached hydrogen (secondary N) is 2. The van der Waals surface area contributed by atoms with Crippen LogP contribution in [0.2, 0.25) is 0 Å². The van der Waals surface area contributed by atoms with Gasteiger partial charge >= 0.3 is 0 Å². The van der Waals surface area contributed by atoms with Crippen LogP contribution < -0.4 is 10.6 Å². The van der Waals surface area contributed by atoms with Gasteiger partial charge in [0.25, 0.3) is 0 Å². The number of likely N-dealkylation sites (N-methyl/N-ethyl adjacent to an activating group) is 1. The minimum Gasteiger partial charge on any atom is -0.343 e. The number of amides is 2. The molecule has 1 fully saturated rings. The molecule has 0 aliphatic carbocycles. The quantitative estimate of drug-likeness (QED) is 0.623. The molecular weight excluding hydrogens is 386 g/mol. The maximum Gasteiger partial charge on any atom is 0.245 e. The molecule has 31 heavy (non-hydrogen) atoms. The van der Waals surface area contributed by atoms with Crippen LogP contribution in [0.25, 0.3) is 10.8 Å². The fraction of sp³-hybridized carbons (Fsp3) is 0.308. The van der Waals surface area contributed by atoms with Crippen LogP contribution >= 0.6 is 0 Å². The van der Waals surface area contributed by atoms with E-state index < -0.39 is 6.04 Å². The maximum atomic E-state index is 13.4. The monoisotopic (exact) mass is 415 g/mol. The number of carbonyl (C=O) groups excluding carboxylic acids is 2. The summed E-state index contributed by atoms with van der Waals surface area (Å²) in [6, 6.07) is 23.5. The fourth-order valence-electron chi connectivity index (χ4n) is 4.18. The van der Waals surface area contributed by atoms with Gasteiger partial charge in [-0.25, -0.2) is 0 Å². The predicted molar refractivity (Wildman–Crippen MR) is 124 cm³/mol. The molecule has 2 N–H and O–H groups in total. The summed E-state index contributed by atoms with van der Waals surface area (Å²) in [6.07, 6.45) is 2.25. The highest BCUT2D eigenvalue weighted by Gasteiger charge is 2.29. The van der Waals surface area contributed by atoms with E-state index in [1.165, 1.54) is 0 Å². The third-order valence-electron chi connectivity index (χ3n) is 5.88. The van der Waals surface area contributed by atoms with Crippen LogP contribution in [0, 0.1) is 0 Å². The van der Waals surface area contributed by atoms with Crippen LogP contribution in [0.15, 0.2) is 72.8 Å². The molecule has 0 bridgehead atoms. The predicted octanol–water partition coefficient (Wildman–Crippen LogP) is 3.28. The minimum absolute atomic E-state index is 0.0802. The van der Waals surface area contributed by atoms with Crippen molar-refractivity contribution >= 4 is 22.6 Å². The first kappa shape index (κ1) is 21.1. The second-order valence-electron chi connectivity index (χ2n) is 8.28. The number of hydrogen-bond acceptors (Lipinski definition) is 3. The van der Waals surface area contributed by atoms with Crippen LogP contribution in [0.1, 0.15) is 24.0 Å². The van der Waals surface area contributed by atoms with E-state index in [2.05, 4.69) is 34.9 Å². The highest BCUT2D eigenvalue weighted by Crippen LogP contribution is 2.18. The second-order valence-corrected chi connectivity index (χ2v) is 8.28. The summed E-state index contributed by atoms with van der Waals surface area (Å²) in [5.41, 5.74) is 2.09. The van der Waals surface area contributed by atoms with Gasteiger partial charge in [0.15, 0.2) is 0 Å². The summed E-state index contributed by atoms with van der Waals surface area (Å²) < 4.78 is 0. The van der Waals surface area contributed by atoms with Crippen LogP contribution in [0.4, 0.5) is 0 Å². The van der Waals surface area contributed by atoms with Gasteiger partial charge in [0.2, 0.25) is 11.8 Å². The molecule has 0 saturated carbocycles. The van der Waals surface area contributed by atoms with Gasteiger partial charge in [0.1, 0.15) is 6.04 Å². The first-order chi connectivity index (χ1) is 15.1. The highest BCUT2D eigenvalue weighted by atomic mass is 16.2. The minimum atomic E-state index is -0.607. The van der Waals surface area contributed by atoms with E-state index in [0.29, 0.717) is 13.0 Å². The molecular formula is C26H29N3O2. The smallest absolute Gasteiger partial charge is 0.245 e. The number of rotatable bonds is 7. The van der Waals surface area contributed by atoms with Crippen molar-refractivity contribution in [3.63, 3.8) is 0 Å². The lowest BCUT2D eigenvalue weighted by Gasteiger charge is -2.26. The van der Waals surface area contributed by atoms with E-state index in [1.54, 1.807) is 11.9 Å². The molecule has 0 unspecified atom stereocenters. The molecule has 2 atom stereocenters. The van der Waals surface area contributed by atoms with Crippen molar-refractivity contribution in [2.45, 2.75) is 37.9 Å². The number of nitrogens with zero attached hydrogens (tertiary/aromatic N) is 1. The Morgan fingerprint density at radius 3 is 2.48 bits per heavy atom. The van der Waals surface area contributed by atoms with Crippen molar-refractivity contribution < 1.29 is 9.59 Å². The van der Waals surface area contributed by atoms with Gasteiger partial charge in [-0.15, -0.1) is 0 Å². The zero-order valence-corrected chi connectivity index (χ0v) is 17.9. The average Bonchev–Trinajstić information content (AvgIpc) is 3.34. The molecule has 160 valence electrons. The molecule has 1 aliphatic rings. The van der Waals surface area contributed by atoms with Crippen molar-refractivity contribution in [3.8, 4) is 0 Å². The second kappa shape index (κ2) is 9.75. The van der Waals surface area contributed by atoms with Crippen molar-refractivity contribution in [2.24, 2.45) is 0 Å². The summed E-state index contributed by atoms with van der Waals surface area (Å²) in [5.74, 6) is -0.173. The zero-order valence-electron chi connectivity index (χ0n) is 17.9. The van der Waals surface area contributed by atoms with Gasteiger partial charge in [-0.2, -0.15) is 0 Å². The summed E-state index contributed by atoms with van der Waals surface area (Å²) in [7, 11) is 1.79. The van der Waals surface area contributed by atoms with Crippen molar-refractivity contribution in [1.82, 2.24) is 15.5 Å². The Morgan fingerprint density at radius 1 is 1.00 bits per heavy atom. The molecule has 2 amide bonds. The van der Waals surface area contributed by atoms with E-state index in [9.17, 15) is 9.59 Å². The third-order valence-corrected chi connectivity index (χ3v) is 5.88. The number of carbonyl (C=O) groups is 2. The van der Waals surface area contributed by atoms with Gasteiger partial charge in [-0.3, -0.25) is 9.59 Å². The van der Waals surface area contributed by atoms with E-state index >= 15 is 0 Å². The number of fused-ring (bicyclic) bond motifs is 1. The Labute approximate surface area is 183 Å². The Balaban J connectivity index is 1.53. The summed E-state index contributed by atoms with van der Waals surface area (Å²) in [6.45, 7) is 1.35. The molecule has 5 nitrogen and oxygen atoms in total. The zero-order chi connectivity index (χ0) is 21.6. The van der Waals surface area contributed by atoms with E-state index in [-0.39, 0.29) is 17.9 Å². The highest BCUT2D eigenvalue weighted by molar-refractivity contribution is 5.90. The Kier molecular flexibility index (Phi) is 6.63. The molecule has 1 saturated heterocycles. The molecule has 3 aromatic carbocycles. The molecule has 0 spiro atoms. The Morgan fingerprint density at radius 2 is 1.74 bits per heavy atom. The van der Waals surface area contributed by atoms with Crippen LogP contribution in [0.3, 0.4) is 0 Å². The molecule has 1 aliphatic heterocycles. The van der Waals surface area contributed by atoms with Crippen molar-refractivity contribution in [1.29, 1.82) is 0 Å². The van der Waals surface area contributed by atoms with Crippen LogP contribution in [0.5, 0.6) is 0 Å². The van der Waals surface area contributed by atoms with Gasteiger partial charge < -0.3 is 15.5 Å². The summed E-state index contributed by atoms with van der Waals surface area (Å²) >= 11 is 0. The van der Waals surface area contributed by atoms with E-state index in [0.717, 1.165) is 41.3 Å². The Hall–Kier alpha value is -3.18. The maximum absolute atomic E-state index is 13.4. The standard InChI is InChI=1S/C26H29N3O2/c1-29(18-19-8-3-2-4-9-19)26(31)24(28-25(30)23-12-7-15-27-23)17-20-13-14-21-10-5-6-11-22(21)16-20/h2-6,8-11,13-14,16,23-24,27H,7,12,15,17-18H2,1H3,(H,28,30)/t23-,24-/m1/s1. The normalized spacial score (nSPS) is 16.7. The van der Waals surface area contributed by atoms with E-state index in [1.807, 2.05) is 48.5 Å². The van der Waals surface area contributed by atoms with Gasteiger partial charge in [0.05, 0.1) is 6.04 Å². The molecule has 0 radical (unpaired) electrons. The SMILES string of the molecule is CN(Cc1ccccc1)C(=O)[C@@H](Cc1ccc2ccccc2c1)NC(=O)[C@H]1CCCN1. The topological polar surface area (TPSA) is 61.4 Å². The lowest BCUT2D eigenvalue weighted by molar-refractivity contribution is -0.136. The molecule has 3 aromatic rings. The van der Waals surface area contributed by atoms with Crippen molar-refractivity contribution in [3.05, 3.63) is 83.9 Å². The van der Waals surface area contributed by atoms with Gasteiger partial charge in [-0.05, 0) is 41.3 Å². The van der Waals surface area contributed by atoms with Gasteiger partial charge in [0, 0.05) is 20.0 Å². The molecule has 5 heteroatoms. The molecule has 0 aromatic heterocycles. The first-order valence-electron chi connectivity index (χ1n) is 10.9. The fourth-order valence-corrected chi connectivity index (χ4v) is 4.18. The Bertz CT molecular complexity index is 1040. The van der Waals surface area contributed by atoms with Crippen LogP contribution in [-0.4, -0.2) is 42.4 Å². The lowest BCUT2D eigenvalue weighted by atomic mass is 10.0. The first-order valence-corrected chi connectivity index (χ1v) is 10.9. The van der Waals surface area contributed by atoms with Crippen molar-refractivity contribution in [2.75, 3.05) is 13.6 Å². The third kappa shape index (κ3) is 5.30. The average molecular weight is 416 g/mol.